The van der Waals surface area contributed by atoms with E-state index >= 15 is 0 Å². The van der Waals surface area contributed by atoms with Gasteiger partial charge in [0.25, 0.3) is 0 Å². The molecule has 0 unspecified atom stereocenters. The highest BCUT2D eigenvalue weighted by Crippen LogP contribution is 2.40. The van der Waals surface area contributed by atoms with Crippen LogP contribution in [0.5, 0.6) is 0 Å². The number of hydrogen-bond donors (Lipinski definition) is 0. The van der Waals surface area contributed by atoms with Crippen LogP contribution in [0.2, 0.25) is 0 Å². The van der Waals surface area contributed by atoms with Gasteiger partial charge in [-0.15, -0.1) is 0 Å². The molecule has 0 bridgehead atoms. The number of benzene rings is 2. The number of carbonyl (C=O) groups excluding carboxylic acids is 1. The molecule has 6 heteroatoms. The van der Waals surface area contributed by atoms with Crippen molar-refractivity contribution in [1.82, 2.24) is 9.96 Å². The zero-order chi connectivity index (χ0) is 19.6. The Labute approximate surface area is 170 Å². The Kier molecular flexibility index (Phi) is 5.04. The number of piperazine rings is 1. The standard InChI is InChI=1S/C23H25N3O3/c27-23-22-21-19(24-28-16-18-9-5-2-6-10-18)11-12-20(21)29-26(22)14-13-25(23)15-17-7-3-1-4-8-17/h1-10,20-22H,11-16H2/b24-19-/t20-,21+,22+/m1/s1. The van der Waals surface area contributed by atoms with E-state index in [0.717, 1.165) is 36.2 Å². The number of carbonyl (C=O) groups is 1. The summed E-state index contributed by atoms with van der Waals surface area (Å²) in [7, 11) is 0. The van der Waals surface area contributed by atoms with Gasteiger partial charge in [-0.05, 0) is 24.0 Å². The third-order valence-corrected chi connectivity index (χ3v) is 6.02. The van der Waals surface area contributed by atoms with Crippen LogP contribution in [-0.4, -0.2) is 46.8 Å². The largest absolute Gasteiger partial charge is 0.391 e. The van der Waals surface area contributed by atoms with Gasteiger partial charge in [0.2, 0.25) is 5.91 Å². The lowest BCUT2D eigenvalue weighted by Crippen LogP contribution is -2.56. The fraction of sp³-hybridized carbons (Fsp3) is 0.391. The Morgan fingerprint density at radius 1 is 1.00 bits per heavy atom. The first-order valence-corrected chi connectivity index (χ1v) is 10.3. The molecule has 1 aliphatic carbocycles. The smallest absolute Gasteiger partial charge is 0.243 e. The molecule has 1 saturated carbocycles. The Morgan fingerprint density at radius 2 is 1.72 bits per heavy atom. The van der Waals surface area contributed by atoms with E-state index < -0.39 is 0 Å². The maximum atomic E-state index is 13.3. The molecule has 0 spiro atoms. The van der Waals surface area contributed by atoms with Crippen LogP contribution in [-0.2, 0) is 27.6 Å². The second-order valence-electron chi connectivity index (χ2n) is 7.88. The van der Waals surface area contributed by atoms with Gasteiger partial charge in [-0.3, -0.25) is 9.63 Å². The summed E-state index contributed by atoms with van der Waals surface area (Å²) in [6, 6.07) is 19.8. The van der Waals surface area contributed by atoms with Gasteiger partial charge < -0.3 is 9.74 Å². The minimum atomic E-state index is -0.293. The van der Waals surface area contributed by atoms with Crippen LogP contribution >= 0.6 is 0 Å². The van der Waals surface area contributed by atoms with Crippen molar-refractivity contribution < 1.29 is 14.5 Å². The molecule has 3 aliphatic rings. The molecule has 2 heterocycles. The summed E-state index contributed by atoms with van der Waals surface area (Å²) in [6.45, 7) is 2.48. The Morgan fingerprint density at radius 3 is 2.48 bits per heavy atom. The van der Waals surface area contributed by atoms with Crippen molar-refractivity contribution in [3.63, 3.8) is 0 Å². The molecule has 2 aromatic rings. The normalized spacial score (nSPS) is 27.9. The molecule has 3 fully saturated rings. The summed E-state index contributed by atoms with van der Waals surface area (Å²) in [5.74, 6) is 0.113. The quantitative estimate of drug-likeness (QED) is 0.736. The van der Waals surface area contributed by atoms with Crippen molar-refractivity contribution in [3.05, 3.63) is 71.8 Å². The highest BCUT2D eigenvalue weighted by molar-refractivity contribution is 5.96. The summed E-state index contributed by atoms with van der Waals surface area (Å²) in [5.41, 5.74) is 3.18. The molecular weight excluding hydrogens is 366 g/mol. The average Bonchev–Trinajstić information content (AvgIpc) is 3.31. The molecule has 2 saturated heterocycles. The van der Waals surface area contributed by atoms with E-state index in [9.17, 15) is 4.79 Å². The van der Waals surface area contributed by atoms with Crippen LogP contribution in [0.3, 0.4) is 0 Å². The molecule has 2 aliphatic heterocycles. The third-order valence-electron chi connectivity index (χ3n) is 6.02. The SMILES string of the molecule is O=C1[C@@H]2[C@H]3/C(=N\OCc4ccccc4)CC[C@H]3ON2CCN1Cc1ccccc1. The lowest BCUT2D eigenvalue weighted by Gasteiger charge is -2.37. The number of hydroxylamine groups is 2. The van der Waals surface area contributed by atoms with Gasteiger partial charge >= 0.3 is 0 Å². The summed E-state index contributed by atoms with van der Waals surface area (Å²) in [5, 5.41) is 6.31. The topological polar surface area (TPSA) is 54.4 Å². The van der Waals surface area contributed by atoms with Crippen molar-refractivity contribution >= 4 is 11.6 Å². The van der Waals surface area contributed by atoms with Crippen LogP contribution in [0.25, 0.3) is 0 Å². The van der Waals surface area contributed by atoms with Gasteiger partial charge in [-0.1, -0.05) is 65.8 Å². The van der Waals surface area contributed by atoms with E-state index in [-0.39, 0.29) is 24.0 Å². The van der Waals surface area contributed by atoms with Crippen LogP contribution in [0.4, 0.5) is 0 Å². The van der Waals surface area contributed by atoms with Crippen molar-refractivity contribution in [2.75, 3.05) is 13.1 Å². The number of nitrogens with zero attached hydrogens (tertiary/aromatic N) is 3. The Bertz CT molecular complexity index is 887. The molecule has 0 N–H and O–H groups in total. The molecule has 2 aromatic carbocycles. The van der Waals surface area contributed by atoms with Crippen LogP contribution in [0, 0.1) is 5.92 Å². The second-order valence-corrected chi connectivity index (χ2v) is 7.88. The lowest BCUT2D eigenvalue weighted by atomic mass is 9.93. The van der Waals surface area contributed by atoms with E-state index in [1.54, 1.807) is 0 Å². The second kappa shape index (κ2) is 7.97. The number of amides is 1. The fourth-order valence-electron chi connectivity index (χ4n) is 4.59. The highest BCUT2D eigenvalue weighted by atomic mass is 16.7. The maximum Gasteiger partial charge on any atom is 0.243 e. The third kappa shape index (κ3) is 3.66. The van der Waals surface area contributed by atoms with E-state index in [4.69, 9.17) is 9.68 Å². The van der Waals surface area contributed by atoms with Crippen LogP contribution in [0.1, 0.15) is 24.0 Å². The molecule has 1 amide bonds. The first-order chi connectivity index (χ1) is 14.3. The number of oxime groups is 1. The summed E-state index contributed by atoms with van der Waals surface area (Å²) in [4.78, 5) is 27.0. The highest BCUT2D eigenvalue weighted by Gasteiger charge is 2.55. The minimum absolute atomic E-state index is 0.0168. The van der Waals surface area contributed by atoms with E-state index in [0.29, 0.717) is 19.7 Å². The van der Waals surface area contributed by atoms with E-state index in [1.807, 2.05) is 58.5 Å². The molecule has 29 heavy (non-hydrogen) atoms. The fourth-order valence-corrected chi connectivity index (χ4v) is 4.59. The van der Waals surface area contributed by atoms with Gasteiger partial charge in [-0.2, -0.15) is 5.06 Å². The van der Waals surface area contributed by atoms with Crippen molar-refractivity contribution in [2.45, 2.75) is 38.1 Å². The molecule has 3 atom stereocenters. The van der Waals surface area contributed by atoms with Crippen molar-refractivity contribution in [2.24, 2.45) is 11.1 Å². The predicted octanol–water partition coefficient (Wildman–Crippen LogP) is 3.00. The maximum absolute atomic E-state index is 13.3. The number of rotatable bonds is 5. The Hall–Kier alpha value is -2.70. The zero-order valence-electron chi connectivity index (χ0n) is 16.3. The van der Waals surface area contributed by atoms with E-state index in [2.05, 4.69) is 17.3 Å². The van der Waals surface area contributed by atoms with Gasteiger partial charge in [-0.25, -0.2) is 0 Å². The molecule has 6 nitrogen and oxygen atoms in total. The predicted molar refractivity (Wildman–Crippen MR) is 109 cm³/mol. The van der Waals surface area contributed by atoms with Crippen molar-refractivity contribution in [3.8, 4) is 0 Å². The van der Waals surface area contributed by atoms with Gasteiger partial charge in [0, 0.05) is 19.6 Å². The molecule has 150 valence electrons. The summed E-state index contributed by atoms with van der Waals surface area (Å²) >= 11 is 0. The first kappa shape index (κ1) is 18.3. The Balaban J connectivity index is 1.29. The molecule has 5 rings (SSSR count). The average molecular weight is 391 g/mol. The van der Waals surface area contributed by atoms with Crippen LogP contribution in [0.15, 0.2) is 65.8 Å². The van der Waals surface area contributed by atoms with Gasteiger partial charge in [0.15, 0.2) is 0 Å². The molecule has 0 aromatic heterocycles. The minimum Gasteiger partial charge on any atom is -0.391 e. The monoisotopic (exact) mass is 391 g/mol. The summed E-state index contributed by atoms with van der Waals surface area (Å²) in [6.07, 6.45) is 1.73. The van der Waals surface area contributed by atoms with Gasteiger partial charge in [0.1, 0.15) is 12.6 Å². The first-order valence-electron chi connectivity index (χ1n) is 10.3. The summed E-state index contributed by atoms with van der Waals surface area (Å²) < 4.78 is 0. The van der Waals surface area contributed by atoms with E-state index in [1.165, 1.54) is 0 Å². The number of fused-ring (bicyclic) bond motifs is 3. The van der Waals surface area contributed by atoms with Crippen molar-refractivity contribution in [1.29, 1.82) is 0 Å². The van der Waals surface area contributed by atoms with Crippen LogP contribution < -0.4 is 0 Å². The number of hydrogen-bond acceptors (Lipinski definition) is 5. The van der Waals surface area contributed by atoms with Gasteiger partial charge in [0.05, 0.1) is 17.7 Å². The molecule has 0 radical (unpaired) electrons. The zero-order valence-corrected chi connectivity index (χ0v) is 16.3. The lowest BCUT2D eigenvalue weighted by molar-refractivity contribution is -0.189. The molecular formula is C23H25N3O3.